The van der Waals surface area contributed by atoms with E-state index in [9.17, 15) is 18.0 Å². The first-order valence-corrected chi connectivity index (χ1v) is 10.2. The number of ether oxygens (including phenoxy) is 1. The molecule has 1 amide bonds. The Labute approximate surface area is 177 Å². The molecule has 0 unspecified atom stereocenters. The first-order valence-electron chi connectivity index (χ1n) is 9.34. The number of hydrogen-bond donors (Lipinski definition) is 1. The zero-order valence-corrected chi connectivity index (χ0v) is 18.2. The first-order chi connectivity index (χ1) is 14.1. The van der Waals surface area contributed by atoms with Gasteiger partial charge in [-0.05, 0) is 43.2 Å². The SMILES string of the molecule is CC.Cc1cc(C)c(-c2ncc(NC(=O)c3ccccc3F)s2)cc1OC(C)(F)F. The Balaban J connectivity index is 0.00000155. The van der Waals surface area contributed by atoms with Crippen LogP contribution in [0.5, 0.6) is 5.75 Å². The number of amides is 1. The molecule has 1 heterocycles. The van der Waals surface area contributed by atoms with Crippen molar-refractivity contribution in [1.82, 2.24) is 4.98 Å². The van der Waals surface area contributed by atoms with Crippen LogP contribution in [0.1, 0.15) is 42.3 Å². The zero-order valence-electron chi connectivity index (χ0n) is 17.3. The van der Waals surface area contributed by atoms with Gasteiger partial charge in [0.05, 0.1) is 11.8 Å². The largest absolute Gasteiger partial charge is 0.432 e. The number of hydrogen-bond acceptors (Lipinski definition) is 4. The van der Waals surface area contributed by atoms with Gasteiger partial charge in [-0.2, -0.15) is 8.78 Å². The molecule has 0 spiro atoms. The van der Waals surface area contributed by atoms with Crippen LogP contribution in [0.25, 0.3) is 10.6 Å². The molecule has 0 atom stereocenters. The van der Waals surface area contributed by atoms with Crippen LogP contribution in [-0.4, -0.2) is 17.0 Å². The highest BCUT2D eigenvalue weighted by molar-refractivity contribution is 7.19. The number of alkyl halides is 2. The molecule has 0 fully saturated rings. The second-order valence-corrected chi connectivity index (χ2v) is 7.34. The monoisotopic (exact) mass is 436 g/mol. The van der Waals surface area contributed by atoms with Gasteiger partial charge in [-0.25, -0.2) is 9.37 Å². The summed E-state index contributed by atoms with van der Waals surface area (Å²) in [4.78, 5) is 16.5. The molecule has 30 heavy (non-hydrogen) atoms. The Bertz CT molecular complexity index is 1030. The molecule has 8 heteroatoms. The number of aryl methyl sites for hydroxylation is 2. The number of anilines is 1. The van der Waals surface area contributed by atoms with E-state index in [2.05, 4.69) is 10.3 Å². The minimum Gasteiger partial charge on any atom is -0.432 e. The minimum absolute atomic E-state index is 0.0558. The number of benzene rings is 2. The second kappa shape index (κ2) is 9.75. The number of aromatic nitrogens is 1. The molecule has 2 aromatic carbocycles. The van der Waals surface area contributed by atoms with Crippen LogP contribution in [0.2, 0.25) is 0 Å². The molecule has 3 aromatic rings. The molecule has 1 aromatic heterocycles. The Hall–Kier alpha value is -2.87. The molecule has 0 saturated carbocycles. The summed E-state index contributed by atoms with van der Waals surface area (Å²) < 4.78 is 45.0. The predicted molar refractivity (Wildman–Crippen MR) is 114 cm³/mol. The van der Waals surface area contributed by atoms with Gasteiger partial charge in [-0.1, -0.05) is 43.4 Å². The lowest BCUT2D eigenvalue weighted by Gasteiger charge is -2.16. The van der Waals surface area contributed by atoms with Crippen LogP contribution in [0.15, 0.2) is 42.6 Å². The highest BCUT2D eigenvalue weighted by Crippen LogP contribution is 2.36. The highest BCUT2D eigenvalue weighted by Gasteiger charge is 2.25. The first kappa shape index (κ1) is 23.4. The number of carbonyl (C=O) groups excluding carboxylic acids is 1. The van der Waals surface area contributed by atoms with Gasteiger partial charge in [0.2, 0.25) is 0 Å². The number of carbonyl (C=O) groups is 1. The Morgan fingerprint density at radius 1 is 1.13 bits per heavy atom. The van der Waals surface area contributed by atoms with Crippen molar-refractivity contribution in [3.05, 3.63) is 65.1 Å². The van der Waals surface area contributed by atoms with E-state index >= 15 is 0 Å². The summed E-state index contributed by atoms with van der Waals surface area (Å²) >= 11 is 1.15. The van der Waals surface area contributed by atoms with Crippen molar-refractivity contribution >= 4 is 22.2 Å². The summed E-state index contributed by atoms with van der Waals surface area (Å²) in [6, 6.07) is 8.88. The summed E-state index contributed by atoms with van der Waals surface area (Å²) in [7, 11) is 0. The van der Waals surface area contributed by atoms with Crippen molar-refractivity contribution in [2.75, 3.05) is 5.32 Å². The van der Waals surface area contributed by atoms with E-state index in [4.69, 9.17) is 4.74 Å². The lowest BCUT2D eigenvalue weighted by molar-refractivity contribution is -0.159. The third-order valence-electron chi connectivity index (χ3n) is 3.90. The number of rotatable bonds is 5. The van der Waals surface area contributed by atoms with Crippen molar-refractivity contribution in [1.29, 1.82) is 0 Å². The normalized spacial score (nSPS) is 10.8. The maximum absolute atomic E-state index is 13.7. The molecule has 0 radical (unpaired) electrons. The fourth-order valence-electron chi connectivity index (χ4n) is 2.65. The van der Waals surface area contributed by atoms with Crippen molar-refractivity contribution in [3.63, 3.8) is 0 Å². The molecule has 160 valence electrons. The maximum Gasteiger partial charge on any atom is 0.394 e. The molecule has 4 nitrogen and oxygen atoms in total. The van der Waals surface area contributed by atoms with Crippen molar-refractivity contribution in [3.8, 4) is 16.3 Å². The Morgan fingerprint density at radius 3 is 2.43 bits per heavy atom. The van der Waals surface area contributed by atoms with Gasteiger partial charge in [0.25, 0.3) is 5.91 Å². The topological polar surface area (TPSA) is 51.2 Å². The van der Waals surface area contributed by atoms with E-state index in [1.165, 1.54) is 30.5 Å². The van der Waals surface area contributed by atoms with Crippen molar-refractivity contribution in [2.45, 2.75) is 40.7 Å². The second-order valence-electron chi connectivity index (χ2n) is 6.31. The van der Waals surface area contributed by atoms with Gasteiger partial charge in [0, 0.05) is 12.5 Å². The van der Waals surface area contributed by atoms with Gasteiger partial charge in [-0.3, -0.25) is 4.79 Å². The molecule has 0 bridgehead atoms. The summed E-state index contributed by atoms with van der Waals surface area (Å²) in [5, 5.41) is 3.53. The number of nitrogens with zero attached hydrogens (tertiary/aromatic N) is 1. The smallest absolute Gasteiger partial charge is 0.394 e. The van der Waals surface area contributed by atoms with E-state index < -0.39 is 17.8 Å². The van der Waals surface area contributed by atoms with E-state index in [0.717, 1.165) is 16.9 Å². The molecular formula is C22H23F3N2O2S. The molecule has 0 saturated heterocycles. The van der Waals surface area contributed by atoms with Gasteiger partial charge in [0.1, 0.15) is 21.6 Å². The fourth-order valence-corrected chi connectivity index (χ4v) is 3.54. The minimum atomic E-state index is -3.31. The summed E-state index contributed by atoms with van der Waals surface area (Å²) in [6.07, 6.45) is -1.87. The van der Waals surface area contributed by atoms with Crippen molar-refractivity contribution in [2.24, 2.45) is 0 Å². The fraction of sp³-hybridized carbons (Fsp3) is 0.273. The molecule has 0 aliphatic heterocycles. The van der Waals surface area contributed by atoms with E-state index in [0.29, 0.717) is 28.1 Å². The number of nitrogens with one attached hydrogen (secondary N) is 1. The highest BCUT2D eigenvalue weighted by atomic mass is 32.1. The Morgan fingerprint density at radius 2 is 1.80 bits per heavy atom. The summed E-state index contributed by atoms with van der Waals surface area (Å²) in [6.45, 7) is 8.18. The van der Waals surface area contributed by atoms with Crippen LogP contribution < -0.4 is 10.1 Å². The van der Waals surface area contributed by atoms with Gasteiger partial charge >= 0.3 is 6.11 Å². The molecule has 0 aliphatic carbocycles. The zero-order chi connectivity index (χ0) is 22.5. The summed E-state index contributed by atoms with van der Waals surface area (Å²) in [5.41, 5.74) is 1.93. The number of thiazole rings is 1. The lowest BCUT2D eigenvalue weighted by atomic mass is 10.1. The van der Waals surface area contributed by atoms with Crippen molar-refractivity contribution < 1.29 is 22.7 Å². The standard InChI is InChI=1S/C20H17F3N2O2S.C2H6/c1-11-8-12(2)16(27-20(3,22)23)9-14(11)19-24-10-17(28-19)25-18(26)13-6-4-5-7-15(13)21;1-2/h4-10H,1-3H3,(H,25,26);1-2H3. The predicted octanol–water partition coefficient (Wildman–Crippen LogP) is 6.84. The average Bonchev–Trinajstić information content (AvgIpc) is 3.13. The molecular weight excluding hydrogens is 413 g/mol. The van der Waals surface area contributed by atoms with E-state index in [-0.39, 0.29) is 11.3 Å². The van der Waals surface area contributed by atoms with Gasteiger partial charge in [-0.15, -0.1) is 0 Å². The maximum atomic E-state index is 13.7. The van der Waals surface area contributed by atoms with Crippen LogP contribution in [0.3, 0.4) is 0 Å². The third-order valence-corrected chi connectivity index (χ3v) is 4.85. The van der Waals surface area contributed by atoms with Crippen LogP contribution in [0, 0.1) is 19.7 Å². The lowest BCUT2D eigenvalue weighted by Crippen LogP contribution is -2.19. The van der Waals surface area contributed by atoms with Gasteiger partial charge in [0.15, 0.2) is 0 Å². The quantitative estimate of drug-likeness (QED) is 0.477. The van der Waals surface area contributed by atoms with Crippen LogP contribution >= 0.6 is 11.3 Å². The van der Waals surface area contributed by atoms with E-state index in [1.807, 2.05) is 20.8 Å². The average molecular weight is 436 g/mol. The molecule has 0 aliphatic rings. The molecule has 1 N–H and O–H groups in total. The van der Waals surface area contributed by atoms with E-state index in [1.54, 1.807) is 19.1 Å². The number of halogens is 3. The van der Waals surface area contributed by atoms with Gasteiger partial charge < -0.3 is 10.1 Å². The summed E-state index contributed by atoms with van der Waals surface area (Å²) in [5.74, 6) is -1.16. The van der Waals surface area contributed by atoms with Crippen LogP contribution in [-0.2, 0) is 0 Å². The Kier molecular flexibility index (Phi) is 7.61. The third kappa shape index (κ3) is 5.82. The van der Waals surface area contributed by atoms with Crippen LogP contribution in [0.4, 0.5) is 18.2 Å². The molecule has 3 rings (SSSR count).